The van der Waals surface area contributed by atoms with E-state index in [9.17, 15) is 4.79 Å². The van der Waals surface area contributed by atoms with Gasteiger partial charge in [-0.3, -0.25) is 9.69 Å². The highest BCUT2D eigenvalue weighted by Crippen LogP contribution is 2.12. The topological polar surface area (TPSA) is 35.6 Å². The summed E-state index contributed by atoms with van der Waals surface area (Å²) in [6.45, 7) is 9.37. The molecule has 1 heterocycles. The zero-order valence-corrected chi connectivity index (χ0v) is 16.5. The first-order valence-corrected chi connectivity index (χ1v) is 10.4. The van der Waals surface area contributed by atoms with Crippen molar-refractivity contribution in [2.45, 2.75) is 84.1 Å². The lowest BCUT2D eigenvalue weighted by atomic mass is 10.1. The number of carbonyl (C=O) groups is 1. The summed E-state index contributed by atoms with van der Waals surface area (Å²) in [5.41, 5.74) is 0. The number of unbranched alkanes of at least 4 members (excludes halogenated alkanes) is 8. The summed E-state index contributed by atoms with van der Waals surface area (Å²) in [5.74, 6) is 0.240. The molecule has 0 radical (unpaired) electrons. The number of nitrogens with zero attached hydrogens (tertiary/aromatic N) is 2. The molecule has 1 fully saturated rings. The minimum absolute atomic E-state index is 0.0468. The van der Waals surface area contributed by atoms with Gasteiger partial charge in [0, 0.05) is 26.2 Å². The minimum Gasteiger partial charge on any atom is -0.355 e. The maximum absolute atomic E-state index is 12.6. The highest BCUT2D eigenvalue weighted by molar-refractivity contribution is 5.82. The van der Waals surface area contributed by atoms with Crippen LogP contribution >= 0.6 is 0 Å². The van der Waals surface area contributed by atoms with E-state index in [1.165, 1.54) is 57.8 Å². The van der Waals surface area contributed by atoms with Gasteiger partial charge in [0.1, 0.15) is 6.04 Å². The lowest BCUT2D eigenvalue weighted by Gasteiger charge is -2.39. The molecule has 0 aliphatic carbocycles. The van der Waals surface area contributed by atoms with Crippen molar-refractivity contribution < 1.29 is 4.79 Å². The number of hydrogen-bond donors (Lipinski definition) is 1. The Bertz CT molecular complexity index is 322. The fraction of sp³-hybridized carbons (Fsp3) is 0.950. The van der Waals surface area contributed by atoms with Gasteiger partial charge < -0.3 is 10.2 Å². The number of carbonyl (C=O) groups excluding carboxylic acids is 1. The molecule has 0 aromatic heterocycles. The Morgan fingerprint density at radius 2 is 1.54 bits per heavy atom. The Morgan fingerprint density at radius 1 is 0.917 bits per heavy atom. The van der Waals surface area contributed by atoms with Crippen molar-refractivity contribution in [3.63, 3.8) is 0 Å². The quantitative estimate of drug-likeness (QED) is 0.520. The van der Waals surface area contributed by atoms with Crippen LogP contribution in [-0.4, -0.2) is 61.5 Å². The van der Waals surface area contributed by atoms with Crippen LogP contribution in [0.4, 0.5) is 0 Å². The summed E-state index contributed by atoms with van der Waals surface area (Å²) in [6, 6.07) is 0.0468. The average molecular weight is 340 g/mol. The van der Waals surface area contributed by atoms with Crippen LogP contribution in [0.15, 0.2) is 0 Å². The molecule has 0 aromatic carbocycles. The maximum atomic E-state index is 12.6. The fourth-order valence-corrected chi connectivity index (χ4v) is 3.45. The Labute approximate surface area is 150 Å². The van der Waals surface area contributed by atoms with Gasteiger partial charge >= 0.3 is 0 Å². The minimum atomic E-state index is 0.0468. The fourth-order valence-electron chi connectivity index (χ4n) is 3.45. The third kappa shape index (κ3) is 9.03. The molecular weight excluding hydrogens is 298 g/mol. The molecule has 1 atom stereocenters. The second-order valence-electron chi connectivity index (χ2n) is 7.43. The van der Waals surface area contributed by atoms with E-state index in [0.717, 1.165) is 39.1 Å². The summed E-state index contributed by atoms with van der Waals surface area (Å²) in [7, 11) is 2.13. The number of piperazine rings is 1. The van der Waals surface area contributed by atoms with Gasteiger partial charge in [-0.25, -0.2) is 0 Å². The molecule has 24 heavy (non-hydrogen) atoms. The summed E-state index contributed by atoms with van der Waals surface area (Å²) >= 11 is 0. The first kappa shape index (κ1) is 21.4. The Hall–Kier alpha value is -0.610. The second kappa shape index (κ2) is 13.7. The highest BCUT2D eigenvalue weighted by atomic mass is 16.2. The average Bonchev–Trinajstić information content (AvgIpc) is 2.58. The molecule has 0 aromatic rings. The molecule has 4 nitrogen and oxygen atoms in total. The number of amides is 1. The van der Waals surface area contributed by atoms with Crippen LogP contribution in [0.1, 0.15) is 78.1 Å². The zero-order chi connectivity index (χ0) is 17.6. The first-order chi connectivity index (χ1) is 11.7. The third-order valence-corrected chi connectivity index (χ3v) is 5.13. The summed E-state index contributed by atoms with van der Waals surface area (Å²) in [6.07, 6.45) is 12.8. The van der Waals surface area contributed by atoms with Crippen LogP contribution in [0.3, 0.4) is 0 Å². The van der Waals surface area contributed by atoms with Gasteiger partial charge in [-0.1, -0.05) is 65.2 Å². The Morgan fingerprint density at radius 3 is 2.25 bits per heavy atom. The molecule has 142 valence electrons. The maximum Gasteiger partial charge on any atom is 0.238 e. The third-order valence-electron chi connectivity index (χ3n) is 5.13. The van der Waals surface area contributed by atoms with E-state index in [2.05, 4.69) is 36.0 Å². The molecule has 0 bridgehead atoms. The molecule has 1 N–H and O–H groups in total. The van der Waals surface area contributed by atoms with Crippen LogP contribution in [0.2, 0.25) is 0 Å². The second-order valence-corrected chi connectivity index (χ2v) is 7.43. The van der Waals surface area contributed by atoms with Gasteiger partial charge in [-0.15, -0.1) is 0 Å². The van der Waals surface area contributed by atoms with Crippen molar-refractivity contribution in [2.24, 2.45) is 0 Å². The van der Waals surface area contributed by atoms with Gasteiger partial charge in [0.25, 0.3) is 0 Å². The Kier molecular flexibility index (Phi) is 12.2. The van der Waals surface area contributed by atoms with E-state index in [1.54, 1.807) is 0 Å². The predicted octanol–water partition coefficient (Wildman–Crippen LogP) is 3.66. The van der Waals surface area contributed by atoms with Crippen LogP contribution in [0, 0.1) is 0 Å². The Balaban J connectivity index is 2.29. The molecule has 1 saturated heterocycles. The lowest BCUT2D eigenvalue weighted by Crippen LogP contribution is -2.58. The van der Waals surface area contributed by atoms with Crippen molar-refractivity contribution in [2.75, 3.05) is 39.8 Å². The SMILES string of the molecule is CCCCCCCCN1CCN(C)CC1C(=O)NCCCCCC. The number of likely N-dealkylation sites (N-methyl/N-ethyl adjacent to an activating group) is 1. The van der Waals surface area contributed by atoms with Crippen LogP contribution in [0.5, 0.6) is 0 Å². The van der Waals surface area contributed by atoms with Gasteiger partial charge in [0.2, 0.25) is 5.91 Å². The molecule has 0 spiro atoms. The van der Waals surface area contributed by atoms with E-state index in [4.69, 9.17) is 0 Å². The predicted molar refractivity (Wildman–Crippen MR) is 103 cm³/mol. The molecule has 1 aliphatic rings. The lowest BCUT2D eigenvalue weighted by molar-refractivity contribution is -0.128. The molecule has 0 saturated carbocycles. The van der Waals surface area contributed by atoms with Crippen molar-refractivity contribution in [1.29, 1.82) is 0 Å². The van der Waals surface area contributed by atoms with Gasteiger partial charge in [-0.2, -0.15) is 0 Å². The van der Waals surface area contributed by atoms with Gasteiger partial charge in [0.05, 0.1) is 0 Å². The van der Waals surface area contributed by atoms with Crippen molar-refractivity contribution in [3.05, 3.63) is 0 Å². The number of hydrogen-bond acceptors (Lipinski definition) is 3. The molecule has 4 heteroatoms. The standard InChI is InChI=1S/C20H41N3O/c1-4-6-8-10-11-13-15-23-17-16-22(3)18-19(23)20(24)21-14-12-9-7-5-2/h19H,4-18H2,1-3H3,(H,21,24). The van der Waals surface area contributed by atoms with Crippen molar-refractivity contribution in [3.8, 4) is 0 Å². The molecule has 1 aliphatic heterocycles. The largest absolute Gasteiger partial charge is 0.355 e. The normalized spacial score (nSPS) is 19.5. The summed E-state index contributed by atoms with van der Waals surface area (Å²) in [5, 5.41) is 3.17. The zero-order valence-electron chi connectivity index (χ0n) is 16.5. The van der Waals surface area contributed by atoms with E-state index < -0.39 is 0 Å². The van der Waals surface area contributed by atoms with E-state index in [-0.39, 0.29) is 11.9 Å². The monoisotopic (exact) mass is 339 g/mol. The summed E-state index contributed by atoms with van der Waals surface area (Å²) in [4.78, 5) is 17.3. The van der Waals surface area contributed by atoms with Crippen molar-refractivity contribution >= 4 is 5.91 Å². The molecule has 1 amide bonds. The van der Waals surface area contributed by atoms with E-state index >= 15 is 0 Å². The van der Waals surface area contributed by atoms with Gasteiger partial charge in [-0.05, 0) is 26.4 Å². The summed E-state index contributed by atoms with van der Waals surface area (Å²) < 4.78 is 0. The van der Waals surface area contributed by atoms with Crippen LogP contribution < -0.4 is 5.32 Å². The van der Waals surface area contributed by atoms with Crippen LogP contribution in [0.25, 0.3) is 0 Å². The molecular formula is C20H41N3O. The molecule has 1 rings (SSSR count). The highest BCUT2D eigenvalue weighted by Gasteiger charge is 2.30. The molecule has 1 unspecified atom stereocenters. The van der Waals surface area contributed by atoms with Crippen molar-refractivity contribution in [1.82, 2.24) is 15.1 Å². The number of rotatable bonds is 13. The van der Waals surface area contributed by atoms with E-state index in [1.807, 2.05) is 0 Å². The first-order valence-electron chi connectivity index (χ1n) is 10.4. The van der Waals surface area contributed by atoms with Crippen LogP contribution in [-0.2, 0) is 4.79 Å². The van der Waals surface area contributed by atoms with Gasteiger partial charge in [0.15, 0.2) is 0 Å². The smallest absolute Gasteiger partial charge is 0.238 e. The van der Waals surface area contributed by atoms with E-state index in [0.29, 0.717) is 0 Å². The number of nitrogens with one attached hydrogen (secondary N) is 1.